The van der Waals surface area contributed by atoms with Crippen LogP contribution in [0.3, 0.4) is 0 Å². The number of aliphatic hydroxyl groups is 1. The molecule has 0 aromatic carbocycles. The van der Waals surface area contributed by atoms with E-state index in [1.165, 1.54) is 4.68 Å². The zero-order valence-corrected chi connectivity index (χ0v) is 12.1. The highest BCUT2D eigenvalue weighted by Crippen LogP contribution is 2.21. The van der Waals surface area contributed by atoms with Crippen LogP contribution < -0.4 is 5.32 Å². The fraction of sp³-hybridized carbons (Fsp3) is 0.750. The van der Waals surface area contributed by atoms with Crippen LogP contribution in [0.5, 0.6) is 0 Å². The van der Waals surface area contributed by atoms with E-state index in [9.17, 15) is 15.2 Å². The van der Waals surface area contributed by atoms with Gasteiger partial charge in [0.05, 0.1) is 17.6 Å². The zero-order chi connectivity index (χ0) is 15.1. The second-order valence-electron chi connectivity index (χ2n) is 4.66. The van der Waals surface area contributed by atoms with Crippen molar-refractivity contribution in [3.63, 3.8) is 0 Å². The summed E-state index contributed by atoms with van der Waals surface area (Å²) in [6.45, 7) is 5.30. The number of nitro groups is 1. The minimum Gasteiger partial charge on any atom is -0.390 e. The van der Waals surface area contributed by atoms with Gasteiger partial charge in [-0.15, -0.1) is 0 Å². The van der Waals surface area contributed by atoms with E-state index in [0.717, 1.165) is 13.0 Å². The lowest BCUT2D eigenvalue weighted by Crippen LogP contribution is -2.31. The summed E-state index contributed by atoms with van der Waals surface area (Å²) in [5.74, 6) is 0. The topological polar surface area (TPSA) is 102 Å². The molecule has 0 aliphatic heterocycles. The quantitative estimate of drug-likeness (QED) is 0.387. The molecule has 0 aliphatic carbocycles. The van der Waals surface area contributed by atoms with E-state index >= 15 is 0 Å². The molecule has 0 radical (unpaired) electrons. The Morgan fingerprint density at radius 3 is 2.80 bits per heavy atom. The van der Waals surface area contributed by atoms with Gasteiger partial charge in [-0.1, -0.05) is 0 Å². The van der Waals surface area contributed by atoms with Crippen molar-refractivity contribution in [2.75, 3.05) is 26.8 Å². The number of ether oxygens (including phenoxy) is 1. The van der Waals surface area contributed by atoms with Crippen LogP contribution in [0.1, 0.15) is 17.8 Å². The largest absolute Gasteiger partial charge is 0.390 e. The first kappa shape index (κ1) is 16.5. The number of aryl methyl sites for hydroxylation is 1. The van der Waals surface area contributed by atoms with Crippen LogP contribution in [0.25, 0.3) is 0 Å². The number of hydrogen-bond donors (Lipinski definition) is 2. The number of hydrogen-bond acceptors (Lipinski definition) is 6. The van der Waals surface area contributed by atoms with Gasteiger partial charge in [-0.3, -0.25) is 14.8 Å². The van der Waals surface area contributed by atoms with Gasteiger partial charge in [0.15, 0.2) is 0 Å². The Morgan fingerprint density at radius 2 is 2.25 bits per heavy atom. The molecule has 1 atom stereocenters. The minimum atomic E-state index is -0.643. The second kappa shape index (κ2) is 7.93. The fourth-order valence-electron chi connectivity index (χ4n) is 2.00. The van der Waals surface area contributed by atoms with Crippen molar-refractivity contribution >= 4 is 5.69 Å². The molecule has 0 bridgehead atoms. The third-order valence-corrected chi connectivity index (χ3v) is 2.99. The van der Waals surface area contributed by atoms with Gasteiger partial charge in [-0.25, -0.2) is 0 Å². The van der Waals surface area contributed by atoms with Gasteiger partial charge < -0.3 is 15.2 Å². The Labute approximate surface area is 117 Å². The van der Waals surface area contributed by atoms with E-state index in [4.69, 9.17) is 4.74 Å². The highest BCUT2D eigenvalue weighted by Gasteiger charge is 2.22. The normalized spacial score (nSPS) is 12.6. The Morgan fingerprint density at radius 1 is 1.55 bits per heavy atom. The first-order valence-electron chi connectivity index (χ1n) is 6.53. The summed E-state index contributed by atoms with van der Waals surface area (Å²) in [5.41, 5.74) is 0.851. The third-order valence-electron chi connectivity index (χ3n) is 2.99. The number of nitrogens with one attached hydrogen (secondary N) is 1. The molecule has 1 aromatic heterocycles. The average Bonchev–Trinajstić information content (AvgIpc) is 2.64. The van der Waals surface area contributed by atoms with Gasteiger partial charge in [0.25, 0.3) is 0 Å². The summed E-state index contributed by atoms with van der Waals surface area (Å²) in [6, 6.07) is 0. The standard InChI is InChI=1S/C12H22N4O4/c1-9-12(16(18)19)10(2)15(14-9)8-11(17)7-13-5-4-6-20-3/h11,13,17H,4-8H2,1-3H3. The number of methoxy groups -OCH3 is 1. The molecule has 0 saturated heterocycles. The van der Waals surface area contributed by atoms with Gasteiger partial charge >= 0.3 is 5.69 Å². The molecular formula is C12H22N4O4. The van der Waals surface area contributed by atoms with Gasteiger partial charge in [0.1, 0.15) is 11.4 Å². The van der Waals surface area contributed by atoms with Crippen LogP contribution in [0, 0.1) is 24.0 Å². The minimum absolute atomic E-state index is 0.0188. The fourth-order valence-corrected chi connectivity index (χ4v) is 2.00. The molecule has 8 heteroatoms. The van der Waals surface area contributed by atoms with Gasteiger partial charge in [-0.2, -0.15) is 5.10 Å². The van der Waals surface area contributed by atoms with Crippen molar-refractivity contribution in [3.8, 4) is 0 Å². The molecule has 1 rings (SSSR count). The lowest BCUT2D eigenvalue weighted by molar-refractivity contribution is -0.386. The first-order valence-corrected chi connectivity index (χ1v) is 6.53. The van der Waals surface area contributed by atoms with Crippen LogP contribution in [-0.4, -0.2) is 52.7 Å². The van der Waals surface area contributed by atoms with Crippen LogP contribution in [-0.2, 0) is 11.3 Å². The van der Waals surface area contributed by atoms with E-state index in [0.29, 0.717) is 24.5 Å². The molecule has 1 heterocycles. The SMILES string of the molecule is COCCCNCC(O)Cn1nc(C)c([N+](=O)[O-])c1C. The first-order chi connectivity index (χ1) is 9.47. The van der Waals surface area contributed by atoms with Gasteiger partial charge in [-0.05, 0) is 26.8 Å². The maximum absolute atomic E-state index is 10.9. The Bertz CT molecular complexity index is 447. The monoisotopic (exact) mass is 286 g/mol. The summed E-state index contributed by atoms with van der Waals surface area (Å²) in [6.07, 6.45) is 0.226. The predicted molar refractivity (Wildman–Crippen MR) is 73.7 cm³/mol. The Hall–Kier alpha value is -1.51. The van der Waals surface area contributed by atoms with E-state index in [-0.39, 0.29) is 12.2 Å². The number of nitrogens with zero attached hydrogens (tertiary/aromatic N) is 3. The van der Waals surface area contributed by atoms with Crippen LogP contribution in [0.2, 0.25) is 0 Å². The van der Waals surface area contributed by atoms with Crippen molar-refractivity contribution in [2.24, 2.45) is 0 Å². The average molecular weight is 286 g/mol. The zero-order valence-electron chi connectivity index (χ0n) is 12.1. The Balaban J connectivity index is 2.48. The predicted octanol–water partition coefficient (Wildman–Crippen LogP) is 0.395. The van der Waals surface area contributed by atoms with Gasteiger partial charge in [0, 0.05) is 20.3 Å². The molecule has 2 N–H and O–H groups in total. The van der Waals surface area contributed by atoms with E-state index in [1.807, 2.05) is 0 Å². The van der Waals surface area contributed by atoms with E-state index < -0.39 is 11.0 Å². The van der Waals surface area contributed by atoms with Crippen molar-refractivity contribution in [1.29, 1.82) is 0 Å². The summed E-state index contributed by atoms with van der Waals surface area (Å²) < 4.78 is 6.40. The molecule has 0 saturated carbocycles. The van der Waals surface area contributed by atoms with Crippen molar-refractivity contribution in [1.82, 2.24) is 15.1 Å². The highest BCUT2D eigenvalue weighted by atomic mass is 16.6. The molecule has 20 heavy (non-hydrogen) atoms. The van der Waals surface area contributed by atoms with Crippen molar-refractivity contribution in [2.45, 2.75) is 32.9 Å². The van der Waals surface area contributed by atoms with Gasteiger partial charge in [0.2, 0.25) is 0 Å². The van der Waals surface area contributed by atoms with E-state index in [2.05, 4.69) is 10.4 Å². The van der Waals surface area contributed by atoms with E-state index in [1.54, 1.807) is 21.0 Å². The molecule has 0 aliphatic rings. The molecule has 114 valence electrons. The number of rotatable bonds is 9. The summed E-state index contributed by atoms with van der Waals surface area (Å²) in [5, 5.41) is 28.0. The molecule has 0 spiro atoms. The van der Waals surface area contributed by atoms with Crippen LogP contribution >= 0.6 is 0 Å². The number of aromatic nitrogens is 2. The maximum Gasteiger partial charge on any atom is 0.312 e. The summed E-state index contributed by atoms with van der Waals surface area (Å²) in [4.78, 5) is 10.4. The molecule has 1 aromatic rings. The summed E-state index contributed by atoms with van der Waals surface area (Å²) in [7, 11) is 1.64. The number of aliphatic hydroxyl groups excluding tert-OH is 1. The van der Waals surface area contributed by atoms with Crippen LogP contribution in [0.4, 0.5) is 5.69 Å². The third kappa shape index (κ3) is 4.55. The van der Waals surface area contributed by atoms with Crippen LogP contribution in [0.15, 0.2) is 0 Å². The van der Waals surface area contributed by atoms with Crippen molar-refractivity contribution < 1.29 is 14.8 Å². The Kier molecular flexibility index (Phi) is 6.56. The lowest BCUT2D eigenvalue weighted by Gasteiger charge is -2.12. The molecule has 0 fully saturated rings. The molecular weight excluding hydrogens is 264 g/mol. The maximum atomic E-state index is 10.9. The second-order valence-corrected chi connectivity index (χ2v) is 4.66. The smallest absolute Gasteiger partial charge is 0.312 e. The lowest BCUT2D eigenvalue weighted by atomic mass is 10.3. The highest BCUT2D eigenvalue weighted by molar-refractivity contribution is 5.39. The summed E-state index contributed by atoms with van der Waals surface area (Å²) >= 11 is 0. The van der Waals surface area contributed by atoms with Crippen molar-refractivity contribution in [3.05, 3.63) is 21.5 Å². The molecule has 0 amide bonds. The molecule has 8 nitrogen and oxygen atoms in total. The molecule has 1 unspecified atom stereocenters.